The molecule has 9 nitrogen and oxygen atoms in total. The second-order valence-electron chi connectivity index (χ2n) is 4.62. The van der Waals surface area contributed by atoms with Gasteiger partial charge in [0, 0.05) is 0 Å². The zero-order chi connectivity index (χ0) is 13.6. The Hall–Kier alpha value is -1.55. The van der Waals surface area contributed by atoms with Crippen LogP contribution in [0.25, 0.3) is 0 Å². The molecular weight excluding hydrogens is 259 g/mol. The molecule has 0 amide bonds. The second kappa shape index (κ2) is 4.53. The van der Waals surface area contributed by atoms with E-state index in [-0.39, 0.29) is 6.61 Å². The van der Waals surface area contributed by atoms with E-state index in [1.54, 1.807) is 4.90 Å². The first kappa shape index (κ1) is 12.5. The summed E-state index contributed by atoms with van der Waals surface area (Å²) in [5.74, 6) is 0.338. The summed E-state index contributed by atoms with van der Waals surface area (Å²) in [7, 11) is 0. The Balaban J connectivity index is 1.80. The van der Waals surface area contributed by atoms with Crippen LogP contribution in [-0.2, 0) is 4.74 Å². The fourth-order valence-corrected chi connectivity index (χ4v) is 2.43. The van der Waals surface area contributed by atoms with Gasteiger partial charge in [0.2, 0.25) is 0 Å². The molecule has 0 aromatic rings. The number of fused-ring (bicyclic) bond motifs is 1. The normalized spacial score (nSPS) is 44.6. The van der Waals surface area contributed by atoms with Gasteiger partial charge in [-0.25, -0.2) is 9.98 Å². The monoisotopic (exact) mass is 274 g/mol. The van der Waals surface area contributed by atoms with Crippen LogP contribution in [0.15, 0.2) is 15.0 Å². The summed E-state index contributed by atoms with van der Waals surface area (Å²) in [6, 6.07) is -0.411. The zero-order valence-corrected chi connectivity index (χ0v) is 9.94. The van der Waals surface area contributed by atoms with Crippen LogP contribution >= 0.6 is 0 Å². The van der Waals surface area contributed by atoms with Gasteiger partial charge in [-0.3, -0.25) is 4.99 Å². The van der Waals surface area contributed by atoms with E-state index in [2.05, 4.69) is 15.0 Å². The number of aliphatic hydroxyl groups excluding tert-OH is 3. The van der Waals surface area contributed by atoms with Crippen molar-refractivity contribution in [2.45, 2.75) is 36.7 Å². The molecule has 2 unspecified atom stereocenters. The molecule has 0 aliphatic carbocycles. The molecule has 0 bridgehead atoms. The third-order valence-corrected chi connectivity index (χ3v) is 3.49. The van der Waals surface area contributed by atoms with Gasteiger partial charge in [0.05, 0.1) is 12.9 Å². The number of amidine groups is 1. The van der Waals surface area contributed by atoms with E-state index in [1.807, 2.05) is 0 Å². The van der Waals surface area contributed by atoms with E-state index >= 15 is 0 Å². The largest absolute Gasteiger partial charge is 0.394 e. The predicted octanol–water partition coefficient (Wildman–Crippen LogP) is -3.14. The molecule has 0 saturated carbocycles. The Morgan fingerprint density at radius 1 is 1.32 bits per heavy atom. The van der Waals surface area contributed by atoms with Crippen molar-refractivity contribution in [1.29, 1.82) is 0 Å². The van der Waals surface area contributed by atoms with E-state index < -0.39 is 36.7 Å². The second-order valence-corrected chi connectivity index (χ2v) is 4.62. The summed E-state index contributed by atoms with van der Waals surface area (Å²) >= 11 is 0. The van der Waals surface area contributed by atoms with E-state index in [4.69, 9.17) is 15.6 Å². The van der Waals surface area contributed by atoms with Crippen molar-refractivity contribution in [2.75, 3.05) is 6.61 Å². The molecule has 3 rings (SSSR count). The van der Waals surface area contributed by atoms with Gasteiger partial charge >= 0.3 is 0 Å². The zero-order valence-electron chi connectivity index (χ0n) is 9.94. The molecule has 3 aliphatic rings. The van der Waals surface area contributed by atoms with Gasteiger partial charge < -0.3 is 30.7 Å². The number of nitrogens with zero attached hydrogens (tertiary/aromatic N) is 4. The van der Waals surface area contributed by atoms with Gasteiger partial charge in [0.25, 0.3) is 0 Å². The van der Waals surface area contributed by atoms with E-state index in [0.29, 0.717) is 5.84 Å². The minimum absolute atomic E-state index is 0.338. The molecule has 5 N–H and O–H groups in total. The van der Waals surface area contributed by atoms with Gasteiger partial charge in [-0.15, -0.1) is 0 Å². The van der Waals surface area contributed by atoms with Gasteiger partial charge in [-0.1, -0.05) is 0 Å². The highest BCUT2D eigenvalue weighted by Gasteiger charge is 2.49. The minimum Gasteiger partial charge on any atom is -0.394 e. The maximum absolute atomic E-state index is 9.97. The van der Waals surface area contributed by atoms with Crippen LogP contribution in [0, 0.1) is 0 Å². The average Bonchev–Trinajstić information content (AvgIpc) is 2.94. The van der Waals surface area contributed by atoms with Gasteiger partial charge in [0.1, 0.15) is 36.5 Å². The third kappa shape index (κ3) is 1.82. The highest BCUT2D eigenvalue weighted by Crippen LogP contribution is 2.29. The van der Waals surface area contributed by atoms with Gasteiger partial charge in [-0.2, -0.15) is 0 Å². The first-order chi connectivity index (χ1) is 9.13. The number of rotatable bonds is 2. The molecule has 3 heterocycles. The fourth-order valence-electron chi connectivity index (χ4n) is 2.43. The third-order valence-electron chi connectivity index (χ3n) is 3.49. The van der Waals surface area contributed by atoms with Crippen molar-refractivity contribution < 1.29 is 20.1 Å². The van der Waals surface area contributed by atoms with Gasteiger partial charge in [0.15, 0.2) is 12.4 Å². The number of hydrogen-bond acceptors (Lipinski definition) is 9. The number of aliphatic imine (C=N–C) groups is 3. The number of aliphatic hydroxyl groups is 3. The minimum atomic E-state index is -1.15. The first-order valence-corrected chi connectivity index (χ1v) is 5.91. The Bertz CT molecular complexity index is 453. The van der Waals surface area contributed by atoms with E-state index in [1.165, 1.54) is 12.7 Å². The van der Waals surface area contributed by atoms with Crippen molar-refractivity contribution in [1.82, 2.24) is 4.90 Å². The lowest BCUT2D eigenvalue weighted by Gasteiger charge is -2.31. The molecule has 6 atom stereocenters. The van der Waals surface area contributed by atoms with E-state index in [9.17, 15) is 10.2 Å². The lowest BCUT2D eigenvalue weighted by molar-refractivity contribution is -0.0778. The molecule has 0 spiro atoms. The average molecular weight is 274 g/mol. The number of ether oxygens (including phenoxy) is 1. The Morgan fingerprint density at radius 2 is 2.11 bits per heavy atom. The van der Waals surface area contributed by atoms with Crippen molar-refractivity contribution in [3.8, 4) is 0 Å². The summed E-state index contributed by atoms with van der Waals surface area (Å²) in [6.07, 6.45) is -1.60. The lowest BCUT2D eigenvalue weighted by Crippen LogP contribution is -2.51. The van der Waals surface area contributed by atoms with Crippen LogP contribution in [0.2, 0.25) is 0 Å². The van der Waals surface area contributed by atoms with Gasteiger partial charge in [-0.05, 0) is 0 Å². The van der Waals surface area contributed by atoms with E-state index in [0.717, 1.165) is 0 Å². The molecule has 19 heavy (non-hydrogen) atoms. The van der Waals surface area contributed by atoms with Crippen LogP contribution in [0.5, 0.6) is 0 Å². The molecule has 1 fully saturated rings. The number of hydrogen-bond donors (Lipinski definition) is 4. The smallest absolute Gasteiger partial charge is 0.162 e. The van der Waals surface area contributed by atoms with Crippen LogP contribution in [-0.4, -0.2) is 82.1 Å². The summed E-state index contributed by atoms with van der Waals surface area (Å²) < 4.78 is 5.43. The molecule has 0 radical (unpaired) electrons. The highest BCUT2D eigenvalue weighted by molar-refractivity contribution is 5.96. The topological polar surface area (TPSA) is 136 Å². The summed E-state index contributed by atoms with van der Waals surface area (Å²) in [4.78, 5) is 13.8. The van der Waals surface area contributed by atoms with Crippen molar-refractivity contribution >= 4 is 18.5 Å². The Kier molecular flexibility index (Phi) is 2.97. The SMILES string of the molecule is NC1=NC=NC2C1N=CN2[13C@@H]1O[13C@H]([13CH2]O)[13C@@H](O)[13C@H]1O. The molecule has 0 aromatic heterocycles. The Morgan fingerprint density at radius 3 is 2.79 bits per heavy atom. The van der Waals surface area contributed by atoms with Crippen molar-refractivity contribution in [3.05, 3.63) is 0 Å². The first-order valence-electron chi connectivity index (χ1n) is 5.91. The van der Waals surface area contributed by atoms with Crippen LogP contribution in [0.1, 0.15) is 0 Å². The quantitative estimate of drug-likeness (QED) is 0.393. The van der Waals surface area contributed by atoms with Crippen LogP contribution in [0.3, 0.4) is 0 Å². The molecule has 104 valence electrons. The maximum Gasteiger partial charge on any atom is 0.162 e. The molecular formula is C10H15N5O4. The molecule has 3 aliphatic heterocycles. The Labute approximate surface area is 108 Å². The highest BCUT2D eigenvalue weighted by atomic mass is 16.8. The van der Waals surface area contributed by atoms with Crippen molar-refractivity contribution in [3.63, 3.8) is 0 Å². The molecule has 0 aromatic carbocycles. The maximum atomic E-state index is 9.97. The fraction of sp³-hybridized carbons (Fsp3) is 0.700. The van der Waals surface area contributed by atoms with Crippen LogP contribution < -0.4 is 5.73 Å². The summed E-state index contributed by atoms with van der Waals surface area (Å²) in [5.41, 5.74) is 5.72. The molecule has 9 heteroatoms. The van der Waals surface area contributed by atoms with Crippen LogP contribution in [0.4, 0.5) is 0 Å². The summed E-state index contributed by atoms with van der Waals surface area (Å²) in [6.45, 7) is -0.374. The summed E-state index contributed by atoms with van der Waals surface area (Å²) in [5, 5.41) is 28.8. The van der Waals surface area contributed by atoms with Crippen molar-refractivity contribution in [2.24, 2.45) is 20.7 Å². The standard InChI is InChI=1S/C10H15N5O4/c11-8-5-9(13-2-12-8)15(3-14-5)10-7(18)6(17)4(1-16)19-10/h2-7,9-10,16-18H,1H2,(H2,11,12,13)/t4-,5?,6-,7-,9?,10-/m1/s1/i1+1,4+1,6+1,7+1,10+1. The predicted molar refractivity (Wildman–Crippen MR) is 65.8 cm³/mol. The molecule has 1 saturated heterocycles. The number of nitrogens with two attached hydrogens (primary N) is 1. The lowest BCUT2D eigenvalue weighted by atomic mass is 10.2.